The van der Waals surface area contributed by atoms with E-state index in [1.54, 1.807) is 0 Å². The molecule has 2 saturated carbocycles. The highest BCUT2D eigenvalue weighted by molar-refractivity contribution is 5.83. The number of rotatable bonds is 3. The van der Waals surface area contributed by atoms with E-state index in [0.29, 0.717) is 22.2 Å². The number of benzene rings is 1. The molecule has 0 bridgehead atoms. The first-order chi connectivity index (χ1) is 13.8. The van der Waals surface area contributed by atoms with Gasteiger partial charge in [-0.1, -0.05) is 70.9 Å². The van der Waals surface area contributed by atoms with E-state index in [-0.39, 0.29) is 0 Å². The first-order valence-corrected chi connectivity index (χ1v) is 12.0. The summed E-state index contributed by atoms with van der Waals surface area (Å²) in [5.74, 6) is 2.35. The Balaban J connectivity index is 1.42. The van der Waals surface area contributed by atoms with E-state index in [1.807, 2.05) is 5.57 Å². The number of hydrogen-bond donors (Lipinski definition) is 1. The van der Waals surface area contributed by atoms with Crippen LogP contribution >= 0.6 is 0 Å². The third-order valence-corrected chi connectivity index (χ3v) is 9.89. The van der Waals surface area contributed by atoms with Crippen molar-refractivity contribution < 1.29 is 0 Å². The Hall–Kier alpha value is -1.50. The molecule has 2 fully saturated rings. The molecule has 1 N–H and O–H groups in total. The van der Waals surface area contributed by atoms with Gasteiger partial charge in [-0.15, -0.1) is 0 Å². The van der Waals surface area contributed by atoms with Crippen LogP contribution in [-0.4, -0.2) is 4.98 Å². The Labute approximate surface area is 177 Å². The second-order valence-corrected chi connectivity index (χ2v) is 11.8. The van der Waals surface area contributed by atoms with E-state index in [9.17, 15) is 0 Å². The van der Waals surface area contributed by atoms with E-state index in [0.717, 1.165) is 11.8 Å². The van der Waals surface area contributed by atoms with Gasteiger partial charge in [-0.25, -0.2) is 0 Å². The van der Waals surface area contributed by atoms with E-state index in [2.05, 4.69) is 76.1 Å². The number of H-pyrrole nitrogens is 1. The number of para-hydroxylation sites is 1. The Bertz CT molecular complexity index is 946. The molecule has 1 unspecified atom stereocenters. The van der Waals surface area contributed by atoms with Crippen LogP contribution in [0.25, 0.3) is 10.9 Å². The van der Waals surface area contributed by atoms with Crippen LogP contribution in [0.5, 0.6) is 0 Å². The Morgan fingerprint density at radius 2 is 1.86 bits per heavy atom. The van der Waals surface area contributed by atoms with Crippen LogP contribution in [0.2, 0.25) is 0 Å². The van der Waals surface area contributed by atoms with Crippen LogP contribution in [0.1, 0.15) is 78.7 Å². The second kappa shape index (κ2) is 6.50. The third-order valence-electron chi connectivity index (χ3n) is 9.89. The average Bonchev–Trinajstić information content (AvgIpc) is 3.24. The topological polar surface area (TPSA) is 15.8 Å². The lowest BCUT2D eigenvalue weighted by atomic mass is 9.47. The van der Waals surface area contributed by atoms with Gasteiger partial charge in [-0.2, -0.15) is 0 Å². The largest absolute Gasteiger partial charge is 0.361 e. The maximum absolute atomic E-state index is 3.49. The van der Waals surface area contributed by atoms with Gasteiger partial charge < -0.3 is 4.98 Å². The highest BCUT2D eigenvalue weighted by Crippen LogP contribution is 2.67. The predicted octanol–water partition coefficient (Wildman–Crippen LogP) is 7.93. The van der Waals surface area contributed by atoms with Crippen molar-refractivity contribution in [1.29, 1.82) is 0 Å². The number of hydrogen-bond acceptors (Lipinski definition) is 0. The molecule has 2 aromatic rings. The average molecular weight is 390 g/mol. The van der Waals surface area contributed by atoms with Crippen molar-refractivity contribution in [3.63, 3.8) is 0 Å². The summed E-state index contributed by atoms with van der Waals surface area (Å²) in [5.41, 5.74) is 6.00. The lowest BCUT2D eigenvalue weighted by Crippen LogP contribution is -2.49. The predicted molar refractivity (Wildman–Crippen MR) is 124 cm³/mol. The molecular weight excluding hydrogens is 350 g/mol. The van der Waals surface area contributed by atoms with E-state index >= 15 is 0 Å². The molecule has 29 heavy (non-hydrogen) atoms. The van der Waals surface area contributed by atoms with E-state index < -0.39 is 0 Å². The second-order valence-electron chi connectivity index (χ2n) is 11.8. The van der Waals surface area contributed by atoms with Crippen LogP contribution in [0.3, 0.4) is 0 Å². The Kier molecular flexibility index (Phi) is 4.36. The number of aromatic nitrogens is 1. The normalized spacial score (nSPS) is 37.1. The molecule has 3 aliphatic rings. The Morgan fingerprint density at radius 3 is 2.69 bits per heavy atom. The summed E-state index contributed by atoms with van der Waals surface area (Å²) in [4.78, 5) is 3.49. The van der Waals surface area contributed by atoms with Crippen LogP contribution in [0.4, 0.5) is 0 Å². The number of allylic oxidation sites excluding steroid dienone is 2. The van der Waals surface area contributed by atoms with Gasteiger partial charge in [0, 0.05) is 17.1 Å². The molecule has 1 aromatic carbocycles. The monoisotopic (exact) mass is 389 g/mol. The fraction of sp³-hybridized carbons (Fsp3) is 0.643. The van der Waals surface area contributed by atoms with Crippen molar-refractivity contribution in [1.82, 2.24) is 4.98 Å². The van der Waals surface area contributed by atoms with E-state index in [4.69, 9.17) is 0 Å². The van der Waals surface area contributed by atoms with Gasteiger partial charge in [0.1, 0.15) is 0 Å². The molecule has 1 heterocycles. The van der Waals surface area contributed by atoms with Crippen LogP contribution in [0.15, 0.2) is 42.1 Å². The zero-order valence-corrected chi connectivity index (χ0v) is 19.1. The molecule has 0 radical (unpaired) electrons. The fourth-order valence-electron chi connectivity index (χ4n) is 8.00. The first kappa shape index (κ1) is 19.5. The molecule has 0 amide bonds. The summed E-state index contributed by atoms with van der Waals surface area (Å²) in [7, 11) is 0. The zero-order chi connectivity index (χ0) is 20.4. The minimum Gasteiger partial charge on any atom is -0.361 e. The number of nitrogens with one attached hydrogen (secondary N) is 1. The van der Waals surface area contributed by atoms with Crippen molar-refractivity contribution in [2.24, 2.45) is 34.0 Å². The molecule has 156 valence electrons. The summed E-state index contributed by atoms with van der Waals surface area (Å²) >= 11 is 0. The molecular formula is C28H39N. The summed E-state index contributed by atoms with van der Waals surface area (Å²) in [6, 6.07) is 8.79. The van der Waals surface area contributed by atoms with E-state index in [1.165, 1.54) is 61.4 Å². The standard InChI is InChI=1S/C28H39N/c1-19(17-20-18-29-24-10-7-6-9-21(20)24)27(4)16-13-23-22(27)11-12-25-26(2,3)14-8-15-28(23,25)5/h6-7,9-10,13,18-19,22,25,29H,8,11-12,14-17H2,1-5H3/t19?,22-,25-,27+,28+/m0/s1. The molecule has 0 aliphatic heterocycles. The first-order valence-electron chi connectivity index (χ1n) is 12.0. The molecule has 1 nitrogen and oxygen atoms in total. The molecule has 1 heteroatoms. The lowest BCUT2D eigenvalue weighted by Gasteiger charge is -2.58. The zero-order valence-electron chi connectivity index (χ0n) is 19.1. The van der Waals surface area contributed by atoms with Gasteiger partial charge >= 0.3 is 0 Å². The summed E-state index contributed by atoms with van der Waals surface area (Å²) in [6.45, 7) is 12.9. The molecule has 0 spiro atoms. The van der Waals surface area contributed by atoms with Crippen LogP contribution < -0.4 is 0 Å². The summed E-state index contributed by atoms with van der Waals surface area (Å²) in [6.07, 6.45) is 14.5. The third kappa shape index (κ3) is 2.79. The minimum absolute atomic E-state index is 0.406. The molecule has 5 rings (SSSR count). The SMILES string of the molecule is CC(Cc1c[nH]c2ccccc12)[C@@]1(C)CC=C2[C@@H]1CC[C@H]1C(C)(C)CCC[C@]21C. The van der Waals surface area contributed by atoms with Crippen LogP contribution in [0, 0.1) is 34.0 Å². The number of fused-ring (bicyclic) bond motifs is 4. The van der Waals surface area contributed by atoms with Crippen molar-refractivity contribution in [2.45, 2.75) is 79.6 Å². The van der Waals surface area contributed by atoms with Crippen LogP contribution in [-0.2, 0) is 6.42 Å². The van der Waals surface area contributed by atoms with Gasteiger partial charge in [-0.3, -0.25) is 0 Å². The quantitative estimate of drug-likeness (QED) is 0.513. The summed E-state index contributed by atoms with van der Waals surface area (Å²) < 4.78 is 0. The molecule has 0 saturated heterocycles. The van der Waals surface area contributed by atoms with Gasteiger partial charge in [0.25, 0.3) is 0 Å². The Morgan fingerprint density at radius 1 is 1.07 bits per heavy atom. The highest BCUT2D eigenvalue weighted by atomic mass is 14.7. The molecule has 3 aliphatic carbocycles. The van der Waals surface area contributed by atoms with Gasteiger partial charge in [0.05, 0.1) is 0 Å². The van der Waals surface area contributed by atoms with Gasteiger partial charge in [-0.05, 0) is 84.2 Å². The fourth-order valence-corrected chi connectivity index (χ4v) is 8.00. The van der Waals surface area contributed by atoms with Crippen molar-refractivity contribution in [2.75, 3.05) is 0 Å². The van der Waals surface area contributed by atoms with Crippen molar-refractivity contribution >= 4 is 10.9 Å². The molecule has 1 aromatic heterocycles. The minimum atomic E-state index is 0.406. The van der Waals surface area contributed by atoms with Crippen molar-refractivity contribution in [3.8, 4) is 0 Å². The number of aromatic amines is 1. The summed E-state index contributed by atoms with van der Waals surface area (Å²) in [5, 5.41) is 1.42. The maximum Gasteiger partial charge on any atom is 0.0456 e. The van der Waals surface area contributed by atoms with Gasteiger partial charge in [0.2, 0.25) is 0 Å². The smallest absolute Gasteiger partial charge is 0.0456 e. The van der Waals surface area contributed by atoms with Gasteiger partial charge in [0.15, 0.2) is 0 Å². The highest BCUT2D eigenvalue weighted by Gasteiger charge is 2.57. The lowest BCUT2D eigenvalue weighted by molar-refractivity contribution is -0.0267. The maximum atomic E-state index is 3.49. The van der Waals surface area contributed by atoms with Crippen molar-refractivity contribution in [3.05, 3.63) is 47.7 Å². The molecule has 5 atom stereocenters.